The molecule has 0 aromatic carbocycles. The third-order valence-electron chi connectivity index (χ3n) is 2.28. The van der Waals surface area contributed by atoms with Gasteiger partial charge >= 0.3 is 0 Å². The number of hydrogen-bond acceptors (Lipinski definition) is 4. The van der Waals surface area contributed by atoms with E-state index in [4.69, 9.17) is 5.26 Å². The summed E-state index contributed by atoms with van der Waals surface area (Å²) in [5.41, 5.74) is 1.99. The van der Waals surface area contributed by atoms with Crippen LogP contribution < -0.4 is 0 Å². The second-order valence-corrected chi connectivity index (χ2v) is 4.26. The highest BCUT2D eigenvalue weighted by molar-refractivity contribution is 8.13. The molecular formula is C12H16N4S. The number of hydrogen-bond donors (Lipinski definition) is 0. The van der Waals surface area contributed by atoms with E-state index in [2.05, 4.69) is 9.98 Å². The Kier molecular flexibility index (Phi) is 5.50. The first-order chi connectivity index (χ1) is 8.21. The van der Waals surface area contributed by atoms with Gasteiger partial charge in [-0.25, -0.2) is 0 Å². The Hall–Kier alpha value is -1.54. The number of pyridine rings is 1. The van der Waals surface area contributed by atoms with E-state index in [0.29, 0.717) is 6.54 Å². The molecule has 0 fully saturated rings. The summed E-state index contributed by atoms with van der Waals surface area (Å²) in [5.74, 6) is 0. The van der Waals surface area contributed by atoms with Crippen LogP contribution in [0, 0.1) is 18.4 Å². The van der Waals surface area contributed by atoms with E-state index < -0.39 is 0 Å². The van der Waals surface area contributed by atoms with Crippen LogP contribution in [0.3, 0.4) is 0 Å². The first kappa shape index (κ1) is 13.5. The normalized spacial score (nSPS) is 11.1. The van der Waals surface area contributed by atoms with Crippen LogP contribution in [0.4, 0.5) is 0 Å². The van der Waals surface area contributed by atoms with Crippen molar-refractivity contribution in [3.8, 4) is 6.19 Å². The van der Waals surface area contributed by atoms with Crippen LogP contribution in [-0.4, -0.2) is 27.9 Å². The van der Waals surface area contributed by atoms with Crippen molar-refractivity contribution in [1.29, 1.82) is 5.26 Å². The number of aryl methyl sites for hydroxylation is 1. The van der Waals surface area contributed by atoms with Gasteiger partial charge in [0.25, 0.3) is 0 Å². The van der Waals surface area contributed by atoms with Gasteiger partial charge in [-0.2, -0.15) is 5.26 Å². The minimum atomic E-state index is 0.680. The largest absolute Gasteiger partial charge is 0.345 e. The fraction of sp³-hybridized carbons (Fsp3) is 0.417. The zero-order chi connectivity index (χ0) is 12.7. The van der Waals surface area contributed by atoms with Gasteiger partial charge in [-0.1, -0.05) is 17.8 Å². The zero-order valence-electron chi connectivity index (χ0n) is 10.3. The number of nitriles is 1. The number of rotatable bonds is 3. The lowest BCUT2D eigenvalue weighted by Crippen LogP contribution is -2.28. The Labute approximate surface area is 106 Å². The van der Waals surface area contributed by atoms with Crippen LogP contribution >= 0.6 is 11.8 Å². The number of aliphatic imine (C=N–C) groups is 1. The molecule has 1 aromatic rings. The van der Waals surface area contributed by atoms with Crippen molar-refractivity contribution in [2.45, 2.75) is 20.4 Å². The van der Waals surface area contributed by atoms with Gasteiger partial charge in [0.05, 0.1) is 12.2 Å². The second-order valence-electron chi connectivity index (χ2n) is 3.48. The van der Waals surface area contributed by atoms with E-state index in [-0.39, 0.29) is 0 Å². The molecule has 0 aliphatic carbocycles. The van der Waals surface area contributed by atoms with Gasteiger partial charge < -0.3 is 4.90 Å². The van der Waals surface area contributed by atoms with E-state index >= 15 is 0 Å². The molecule has 4 nitrogen and oxygen atoms in total. The molecule has 1 aromatic heterocycles. The fourth-order valence-electron chi connectivity index (χ4n) is 1.49. The second kappa shape index (κ2) is 6.92. The molecule has 0 N–H and O–H groups in total. The Morgan fingerprint density at radius 2 is 2.35 bits per heavy atom. The number of thioether (sulfide) groups is 1. The maximum absolute atomic E-state index is 8.63. The van der Waals surface area contributed by atoms with Gasteiger partial charge in [0.1, 0.15) is 0 Å². The highest BCUT2D eigenvalue weighted by Gasteiger charge is 2.09. The predicted octanol–water partition coefficient (Wildman–Crippen LogP) is 2.41. The maximum Gasteiger partial charge on any atom is 0.208 e. The van der Waals surface area contributed by atoms with E-state index in [1.165, 1.54) is 11.8 Å². The van der Waals surface area contributed by atoms with E-state index in [0.717, 1.165) is 23.1 Å². The molecule has 1 heterocycles. The van der Waals surface area contributed by atoms with Crippen LogP contribution in [0.2, 0.25) is 0 Å². The van der Waals surface area contributed by atoms with Crippen LogP contribution in [0.15, 0.2) is 23.2 Å². The summed E-state index contributed by atoms with van der Waals surface area (Å²) in [6.07, 6.45) is 3.75. The Balaban J connectivity index is 2.83. The van der Waals surface area contributed by atoms with Gasteiger partial charge in [-0.05, 0) is 32.2 Å². The van der Waals surface area contributed by atoms with Crippen LogP contribution in [0.1, 0.15) is 18.3 Å². The van der Waals surface area contributed by atoms with E-state index in [1.807, 2.05) is 49.4 Å². The zero-order valence-corrected chi connectivity index (χ0v) is 11.2. The van der Waals surface area contributed by atoms with Crippen molar-refractivity contribution < 1.29 is 0 Å². The van der Waals surface area contributed by atoms with Gasteiger partial charge in [-0.15, -0.1) is 4.99 Å². The first-order valence-electron chi connectivity index (χ1n) is 5.39. The number of nitrogens with zero attached hydrogens (tertiary/aromatic N) is 4. The summed E-state index contributed by atoms with van der Waals surface area (Å²) < 4.78 is 0. The minimum absolute atomic E-state index is 0.680. The molecule has 0 aliphatic rings. The van der Waals surface area contributed by atoms with Crippen molar-refractivity contribution in [1.82, 2.24) is 9.88 Å². The topological polar surface area (TPSA) is 52.3 Å². The van der Waals surface area contributed by atoms with Gasteiger partial charge in [-0.3, -0.25) is 4.98 Å². The minimum Gasteiger partial charge on any atom is -0.345 e. The molecule has 0 radical (unpaired) electrons. The molecule has 0 aliphatic heterocycles. The maximum atomic E-state index is 8.63. The smallest absolute Gasteiger partial charge is 0.208 e. The average Bonchev–Trinajstić information content (AvgIpc) is 2.33. The molecule has 5 heteroatoms. The average molecular weight is 248 g/mol. The van der Waals surface area contributed by atoms with Crippen LogP contribution in [0.25, 0.3) is 0 Å². The molecule has 0 spiro atoms. The molecule has 17 heavy (non-hydrogen) atoms. The quantitative estimate of drug-likeness (QED) is 0.468. The van der Waals surface area contributed by atoms with Gasteiger partial charge in [0, 0.05) is 12.2 Å². The van der Waals surface area contributed by atoms with Crippen molar-refractivity contribution >= 4 is 16.9 Å². The predicted molar refractivity (Wildman–Crippen MR) is 71.6 cm³/mol. The van der Waals surface area contributed by atoms with E-state index in [9.17, 15) is 0 Å². The van der Waals surface area contributed by atoms with Gasteiger partial charge in [0.15, 0.2) is 5.17 Å². The van der Waals surface area contributed by atoms with Crippen molar-refractivity contribution in [3.63, 3.8) is 0 Å². The first-order valence-corrected chi connectivity index (χ1v) is 6.62. The lowest BCUT2D eigenvalue weighted by molar-refractivity contribution is 0.438. The monoisotopic (exact) mass is 248 g/mol. The molecule has 0 saturated carbocycles. The lowest BCUT2D eigenvalue weighted by atomic mass is 10.3. The van der Waals surface area contributed by atoms with Gasteiger partial charge in [0.2, 0.25) is 6.19 Å². The highest BCUT2D eigenvalue weighted by atomic mass is 32.2. The van der Waals surface area contributed by atoms with Crippen molar-refractivity contribution in [3.05, 3.63) is 29.6 Å². The summed E-state index contributed by atoms with van der Waals surface area (Å²) in [6.45, 7) is 5.49. The summed E-state index contributed by atoms with van der Waals surface area (Å²) in [5, 5.41) is 9.36. The van der Waals surface area contributed by atoms with Crippen LogP contribution in [0.5, 0.6) is 0 Å². The van der Waals surface area contributed by atoms with Crippen molar-refractivity contribution in [2.75, 3.05) is 12.8 Å². The Morgan fingerprint density at radius 1 is 1.59 bits per heavy atom. The summed E-state index contributed by atoms with van der Waals surface area (Å²) in [7, 11) is 0. The van der Waals surface area contributed by atoms with Crippen LogP contribution in [-0.2, 0) is 6.54 Å². The molecule has 0 amide bonds. The lowest BCUT2D eigenvalue weighted by Gasteiger charge is -2.22. The Bertz CT molecular complexity index is 436. The third-order valence-corrected chi connectivity index (χ3v) is 2.99. The molecular weight excluding hydrogens is 232 g/mol. The Morgan fingerprint density at radius 3 is 2.88 bits per heavy atom. The van der Waals surface area contributed by atoms with E-state index in [1.54, 1.807) is 0 Å². The number of amidine groups is 1. The standard InChI is InChI=1S/C12H16N4S/c1-4-16(12(17-3)14-9-13)8-11-7-5-6-10(2)15-11/h5-7H,4,8H2,1-3H3. The molecule has 0 bridgehead atoms. The molecule has 90 valence electrons. The summed E-state index contributed by atoms with van der Waals surface area (Å²) in [4.78, 5) is 10.3. The van der Waals surface area contributed by atoms with Crippen molar-refractivity contribution in [2.24, 2.45) is 4.99 Å². The SMILES string of the molecule is CCN(Cc1cccc(C)n1)C(=NC#N)SC. The highest BCUT2D eigenvalue weighted by Crippen LogP contribution is 2.10. The molecule has 1 rings (SSSR count). The number of aromatic nitrogens is 1. The molecule has 0 saturated heterocycles. The summed E-state index contributed by atoms with van der Waals surface area (Å²) in [6, 6.07) is 5.95. The third kappa shape index (κ3) is 4.08. The molecule has 0 atom stereocenters. The summed E-state index contributed by atoms with van der Waals surface area (Å²) >= 11 is 1.48. The fourth-order valence-corrected chi connectivity index (χ4v) is 2.07. The molecule has 0 unspecified atom stereocenters.